The van der Waals surface area contributed by atoms with Gasteiger partial charge in [0, 0.05) is 23.6 Å². The number of nitro benzene ring substituents is 1. The third kappa shape index (κ3) is 2.31. The number of nitrogens with zero attached hydrogens (tertiary/aromatic N) is 2. The van der Waals surface area contributed by atoms with Crippen molar-refractivity contribution in [1.29, 1.82) is 0 Å². The summed E-state index contributed by atoms with van der Waals surface area (Å²) < 4.78 is 0.478. The van der Waals surface area contributed by atoms with Gasteiger partial charge in [-0.25, -0.2) is 0 Å². The molecule has 1 amide bonds. The highest BCUT2D eigenvalue weighted by Crippen LogP contribution is 2.36. The maximum atomic E-state index is 11.5. The van der Waals surface area contributed by atoms with E-state index in [1.165, 1.54) is 12.1 Å². The van der Waals surface area contributed by atoms with E-state index in [9.17, 15) is 14.9 Å². The third-order valence-corrected chi connectivity index (χ3v) is 3.40. The van der Waals surface area contributed by atoms with Gasteiger partial charge in [0.05, 0.1) is 10.5 Å². The average molecular weight is 314 g/mol. The summed E-state index contributed by atoms with van der Waals surface area (Å²) in [5.41, 5.74) is 5.76. The van der Waals surface area contributed by atoms with Crippen molar-refractivity contribution < 1.29 is 9.72 Å². The SMILES string of the molecule is NC(=O)c1cc(Br)cc([N+](=O)[O-])c1N1CCCC1. The first kappa shape index (κ1) is 12.8. The number of benzene rings is 1. The number of anilines is 1. The summed E-state index contributed by atoms with van der Waals surface area (Å²) in [6.07, 6.45) is 1.93. The van der Waals surface area contributed by atoms with Crippen molar-refractivity contribution in [1.82, 2.24) is 0 Å². The summed E-state index contributed by atoms with van der Waals surface area (Å²) in [6, 6.07) is 2.93. The number of halogens is 1. The van der Waals surface area contributed by atoms with Crippen LogP contribution in [0.4, 0.5) is 11.4 Å². The summed E-state index contributed by atoms with van der Waals surface area (Å²) in [5.74, 6) is -0.652. The van der Waals surface area contributed by atoms with Crippen LogP contribution in [-0.4, -0.2) is 23.9 Å². The van der Waals surface area contributed by atoms with Crippen LogP contribution in [0.3, 0.4) is 0 Å². The number of carbonyl (C=O) groups excluding carboxylic acids is 1. The molecule has 2 rings (SSSR count). The van der Waals surface area contributed by atoms with Crippen LogP contribution < -0.4 is 10.6 Å². The fraction of sp³-hybridized carbons (Fsp3) is 0.364. The van der Waals surface area contributed by atoms with Gasteiger partial charge < -0.3 is 10.6 Å². The molecule has 0 radical (unpaired) electrons. The topological polar surface area (TPSA) is 89.5 Å². The maximum Gasteiger partial charge on any atom is 0.294 e. The Kier molecular flexibility index (Phi) is 3.51. The molecule has 1 fully saturated rings. The number of primary amides is 1. The Labute approximate surface area is 112 Å². The van der Waals surface area contributed by atoms with Gasteiger partial charge in [0.25, 0.3) is 11.6 Å². The van der Waals surface area contributed by atoms with Gasteiger partial charge in [-0.3, -0.25) is 14.9 Å². The van der Waals surface area contributed by atoms with Gasteiger partial charge in [-0.2, -0.15) is 0 Å². The summed E-state index contributed by atoms with van der Waals surface area (Å²) in [7, 11) is 0. The smallest absolute Gasteiger partial charge is 0.294 e. The van der Waals surface area contributed by atoms with E-state index in [1.807, 2.05) is 4.90 Å². The number of rotatable bonds is 3. The molecule has 96 valence electrons. The lowest BCUT2D eigenvalue weighted by Gasteiger charge is -2.20. The highest BCUT2D eigenvalue weighted by molar-refractivity contribution is 9.10. The first-order valence-corrected chi connectivity index (χ1v) is 6.32. The number of nitrogens with two attached hydrogens (primary N) is 1. The quantitative estimate of drug-likeness (QED) is 0.683. The molecule has 0 bridgehead atoms. The van der Waals surface area contributed by atoms with Gasteiger partial charge >= 0.3 is 0 Å². The molecule has 1 aliphatic heterocycles. The molecule has 1 aromatic rings. The average Bonchev–Trinajstić information content (AvgIpc) is 2.80. The van der Waals surface area contributed by atoms with Gasteiger partial charge in [0.2, 0.25) is 0 Å². The predicted molar refractivity (Wildman–Crippen MR) is 70.8 cm³/mol. The Bertz CT molecular complexity index is 477. The van der Waals surface area contributed by atoms with Crippen molar-refractivity contribution in [3.05, 3.63) is 32.3 Å². The first-order chi connectivity index (χ1) is 8.50. The van der Waals surface area contributed by atoms with Crippen LogP contribution in [0.1, 0.15) is 23.2 Å². The van der Waals surface area contributed by atoms with Gasteiger partial charge in [-0.1, -0.05) is 15.9 Å². The molecule has 1 aliphatic rings. The zero-order valence-electron chi connectivity index (χ0n) is 9.56. The van der Waals surface area contributed by atoms with Crippen molar-refractivity contribution in [3.8, 4) is 0 Å². The summed E-state index contributed by atoms with van der Waals surface area (Å²) >= 11 is 3.16. The molecule has 0 saturated carbocycles. The van der Waals surface area contributed by atoms with Crippen LogP contribution in [0, 0.1) is 10.1 Å². The highest BCUT2D eigenvalue weighted by Gasteiger charge is 2.28. The lowest BCUT2D eigenvalue weighted by molar-refractivity contribution is -0.384. The molecule has 1 aromatic carbocycles. The molecule has 7 heteroatoms. The fourth-order valence-corrected chi connectivity index (χ4v) is 2.63. The molecule has 0 unspecified atom stereocenters. The molecular weight excluding hydrogens is 302 g/mol. The van der Waals surface area contributed by atoms with Crippen molar-refractivity contribution in [2.75, 3.05) is 18.0 Å². The number of amides is 1. The Hall–Kier alpha value is -1.63. The Balaban J connectivity index is 2.64. The van der Waals surface area contributed by atoms with E-state index < -0.39 is 10.8 Å². The fourth-order valence-electron chi connectivity index (χ4n) is 2.18. The third-order valence-electron chi connectivity index (χ3n) is 2.94. The normalized spacial score (nSPS) is 14.8. The molecule has 18 heavy (non-hydrogen) atoms. The molecule has 6 nitrogen and oxygen atoms in total. The van der Waals surface area contributed by atoms with E-state index in [0.29, 0.717) is 23.2 Å². The van der Waals surface area contributed by atoms with Crippen LogP contribution >= 0.6 is 15.9 Å². The van der Waals surface area contributed by atoms with E-state index in [-0.39, 0.29) is 11.3 Å². The largest absolute Gasteiger partial charge is 0.366 e. The molecule has 1 heterocycles. The second-order valence-corrected chi connectivity index (χ2v) is 5.05. The van der Waals surface area contributed by atoms with E-state index in [4.69, 9.17) is 5.73 Å². The molecule has 0 spiro atoms. The molecule has 0 aromatic heterocycles. The van der Waals surface area contributed by atoms with Crippen LogP contribution in [0.15, 0.2) is 16.6 Å². The second kappa shape index (κ2) is 4.93. The summed E-state index contributed by atoms with van der Waals surface area (Å²) in [6.45, 7) is 1.42. The number of hydrogen-bond donors (Lipinski definition) is 1. The lowest BCUT2D eigenvalue weighted by Crippen LogP contribution is -2.24. The van der Waals surface area contributed by atoms with Crippen LogP contribution in [0.25, 0.3) is 0 Å². The van der Waals surface area contributed by atoms with Gasteiger partial charge in [-0.05, 0) is 18.9 Å². The number of carbonyl (C=O) groups is 1. The lowest BCUT2D eigenvalue weighted by atomic mass is 10.1. The van der Waals surface area contributed by atoms with Crippen molar-refractivity contribution in [2.45, 2.75) is 12.8 Å². The minimum Gasteiger partial charge on any atom is -0.366 e. The maximum absolute atomic E-state index is 11.5. The monoisotopic (exact) mass is 313 g/mol. The van der Waals surface area contributed by atoms with E-state index in [1.54, 1.807) is 0 Å². The second-order valence-electron chi connectivity index (χ2n) is 4.14. The molecule has 2 N–H and O–H groups in total. The predicted octanol–water partition coefficient (Wildman–Crippen LogP) is 2.06. The van der Waals surface area contributed by atoms with E-state index in [0.717, 1.165) is 12.8 Å². The number of nitro groups is 1. The van der Waals surface area contributed by atoms with Crippen molar-refractivity contribution in [3.63, 3.8) is 0 Å². The van der Waals surface area contributed by atoms with Gasteiger partial charge in [0.15, 0.2) is 0 Å². The molecular formula is C11H12BrN3O3. The Morgan fingerprint density at radius 3 is 2.50 bits per heavy atom. The van der Waals surface area contributed by atoms with Gasteiger partial charge in [0.1, 0.15) is 5.69 Å². The molecule has 1 saturated heterocycles. The zero-order valence-corrected chi connectivity index (χ0v) is 11.1. The first-order valence-electron chi connectivity index (χ1n) is 5.53. The van der Waals surface area contributed by atoms with E-state index >= 15 is 0 Å². The zero-order chi connectivity index (χ0) is 13.3. The Morgan fingerprint density at radius 1 is 1.39 bits per heavy atom. The summed E-state index contributed by atoms with van der Waals surface area (Å²) in [4.78, 5) is 23.9. The molecule has 0 aliphatic carbocycles. The van der Waals surface area contributed by atoms with Crippen LogP contribution in [0.2, 0.25) is 0 Å². The van der Waals surface area contributed by atoms with Crippen molar-refractivity contribution >= 4 is 33.2 Å². The Morgan fingerprint density at radius 2 is 2.00 bits per heavy atom. The van der Waals surface area contributed by atoms with E-state index in [2.05, 4.69) is 15.9 Å². The summed E-state index contributed by atoms with van der Waals surface area (Å²) in [5, 5.41) is 11.1. The van der Waals surface area contributed by atoms with Crippen LogP contribution in [-0.2, 0) is 0 Å². The minimum atomic E-state index is -0.652. The standard InChI is InChI=1S/C11H12BrN3O3/c12-7-5-8(11(13)16)10(9(6-7)15(17)18)14-3-1-2-4-14/h5-6H,1-4H2,(H2,13,16). The number of hydrogen-bond acceptors (Lipinski definition) is 4. The highest BCUT2D eigenvalue weighted by atomic mass is 79.9. The molecule has 0 atom stereocenters. The van der Waals surface area contributed by atoms with Gasteiger partial charge in [-0.15, -0.1) is 0 Å². The van der Waals surface area contributed by atoms with Crippen molar-refractivity contribution in [2.24, 2.45) is 5.73 Å². The minimum absolute atomic E-state index is 0.0833. The van der Waals surface area contributed by atoms with Crippen LogP contribution in [0.5, 0.6) is 0 Å².